The fraction of sp³-hybridized carbons (Fsp3) is 0.444. The fourth-order valence-electron chi connectivity index (χ4n) is 1.18. The Morgan fingerprint density at radius 1 is 1.58 bits per heavy atom. The van der Waals surface area contributed by atoms with Crippen LogP contribution in [0.15, 0.2) is 12.1 Å². The third kappa shape index (κ3) is 1.74. The van der Waals surface area contributed by atoms with Gasteiger partial charge in [0.2, 0.25) is 0 Å². The highest BCUT2D eigenvalue weighted by Gasteiger charge is 2.02. The van der Waals surface area contributed by atoms with Gasteiger partial charge in [-0.25, -0.2) is 0 Å². The van der Waals surface area contributed by atoms with Gasteiger partial charge in [-0.15, -0.1) is 0 Å². The van der Waals surface area contributed by atoms with Gasteiger partial charge in [0.05, 0.1) is 12.3 Å². The van der Waals surface area contributed by atoms with Crippen LogP contribution in [0.1, 0.15) is 16.2 Å². The molecule has 0 bridgehead atoms. The molecule has 0 atom stereocenters. The SMILES string of the molecule is COCCn1c(C)ccc1C=O. The molecule has 1 rings (SSSR count). The second-order valence-electron chi connectivity index (χ2n) is 2.66. The minimum Gasteiger partial charge on any atom is -0.383 e. The zero-order valence-corrected chi connectivity index (χ0v) is 7.41. The summed E-state index contributed by atoms with van der Waals surface area (Å²) in [6, 6.07) is 3.75. The average molecular weight is 167 g/mol. The van der Waals surface area contributed by atoms with E-state index in [9.17, 15) is 4.79 Å². The summed E-state index contributed by atoms with van der Waals surface area (Å²) in [7, 11) is 1.65. The monoisotopic (exact) mass is 167 g/mol. The quantitative estimate of drug-likeness (QED) is 0.632. The van der Waals surface area contributed by atoms with E-state index in [0.717, 1.165) is 18.5 Å². The van der Waals surface area contributed by atoms with Gasteiger partial charge in [0.25, 0.3) is 0 Å². The number of methoxy groups -OCH3 is 1. The standard InChI is InChI=1S/C9H13NO2/c1-8-3-4-9(7-11)10(8)5-6-12-2/h3-4,7H,5-6H2,1-2H3. The molecule has 66 valence electrons. The first kappa shape index (κ1) is 9.00. The van der Waals surface area contributed by atoms with E-state index in [4.69, 9.17) is 4.74 Å². The molecule has 0 radical (unpaired) electrons. The Kier molecular flexibility index (Phi) is 3.05. The number of aryl methyl sites for hydroxylation is 1. The Morgan fingerprint density at radius 3 is 2.92 bits per heavy atom. The van der Waals surface area contributed by atoms with E-state index in [-0.39, 0.29) is 0 Å². The minimum absolute atomic E-state index is 0.635. The molecule has 0 saturated carbocycles. The van der Waals surface area contributed by atoms with Gasteiger partial charge in [0.15, 0.2) is 6.29 Å². The number of aldehydes is 1. The molecule has 3 nitrogen and oxygen atoms in total. The van der Waals surface area contributed by atoms with Crippen molar-refractivity contribution < 1.29 is 9.53 Å². The first-order valence-corrected chi connectivity index (χ1v) is 3.90. The highest BCUT2D eigenvalue weighted by molar-refractivity contribution is 5.72. The number of carbonyl (C=O) groups is 1. The second-order valence-corrected chi connectivity index (χ2v) is 2.66. The summed E-state index contributed by atoms with van der Waals surface area (Å²) >= 11 is 0. The summed E-state index contributed by atoms with van der Waals surface area (Å²) in [5.41, 5.74) is 1.80. The number of ether oxygens (including phenoxy) is 1. The fourth-order valence-corrected chi connectivity index (χ4v) is 1.18. The Morgan fingerprint density at radius 2 is 2.33 bits per heavy atom. The maximum atomic E-state index is 10.5. The Labute approximate surface area is 72.0 Å². The van der Waals surface area contributed by atoms with Gasteiger partial charge in [0.1, 0.15) is 0 Å². The highest BCUT2D eigenvalue weighted by atomic mass is 16.5. The predicted molar refractivity (Wildman–Crippen MR) is 46.4 cm³/mol. The van der Waals surface area contributed by atoms with E-state index in [1.807, 2.05) is 23.6 Å². The van der Waals surface area contributed by atoms with Crippen LogP contribution in [0.2, 0.25) is 0 Å². The molecule has 0 N–H and O–H groups in total. The van der Waals surface area contributed by atoms with Crippen molar-refractivity contribution in [1.82, 2.24) is 4.57 Å². The molecule has 3 heteroatoms. The van der Waals surface area contributed by atoms with Gasteiger partial charge in [-0.05, 0) is 19.1 Å². The molecule has 0 fully saturated rings. The highest BCUT2D eigenvalue weighted by Crippen LogP contribution is 2.05. The molecule has 1 heterocycles. The van der Waals surface area contributed by atoms with Crippen LogP contribution in [0.4, 0.5) is 0 Å². The van der Waals surface area contributed by atoms with Crippen LogP contribution in [-0.2, 0) is 11.3 Å². The van der Waals surface area contributed by atoms with Crippen LogP contribution in [0, 0.1) is 6.92 Å². The van der Waals surface area contributed by atoms with Crippen molar-refractivity contribution in [3.8, 4) is 0 Å². The van der Waals surface area contributed by atoms with Crippen LogP contribution < -0.4 is 0 Å². The molecule has 0 aliphatic heterocycles. The van der Waals surface area contributed by atoms with Crippen molar-refractivity contribution in [2.75, 3.05) is 13.7 Å². The molecule has 0 aliphatic carbocycles. The summed E-state index contributed by atoms with van der Waals surface area (Å²) in [5, 5.41) is 0. The van der Waals surface area contributed by atoms with Crippen molar-refractivity contribution in [2.45, 2.75) is 13.5 Å². The molecule has 0 aromatic carbocycles. The van der Waals surface area contributed by atoms with Crippen LogP contribution in [0.25, 0.3) is 0 Å². The van der Waals surface area contributed by atoms with Crippen molar-refractivity contribution in [2.24, 2.45) is 0 Å². The Hall–Kier alpha value is -1.09. The van der Waals surface area contributed by atoms with Gasteiger partial charge >= 0.3 is 0 Å². The van der Waals surface area contributed by atoms with Crippen molar-refractivity contribution in [3.63, 3.8) is 0 Å². The first-order valence-electron chi connectivity index (χ1n) is 3.90. The van der Waals surface area contributed by atoms with Crippen LogP contribution >= 0.6 is 0 Å². The topological polar surface area (TPSA) is 31.2 Å². The van der Waals surface area contributed by atoms with Crippen molar-refractivity contribution >= 4 is 6.29 Å². The molecule has 12 heavy (non-hydrogen) atoms. The third-order valence-electron chi connectivity index (χ3n) is 1.87. The molecule has 0 spiro atoms. The zero-order chi connectivity index (χ0) is 8.97. The first-order chi connectivity index (χ1) is 5.79. The molecule has 0 unspecified atom stereocenters. The number of hydrogen-bond acceptors (Lipinski definition) is 2. The lowest BCUT2D eigenvalue weighted by Crippen LogP contribution is -2.08. The lowest BCUT2D eigenvalue weighted by molar-refractivity contribution is 0.111. The molecule has 0 amide bonds. The summed E-state index contributed by atoms with van der Waals surface area (Å²) in [4.78, 5) is 10.5. The van der Waals surface area contributed by atoms with E-state index in [0.29, 0.717) is 12.3 Å². The summed E-state index contributed by atoms with van der Waals surface area (Å²) in [6.07, 6.45) is 0.864. The molecular weight excluding hydrogens is 154 g/mol. The van der Waals surface area contributed by atoms with Crippen molar-refractivity contribution in [1.29, 1.82) is 0 Å². The number of rotatable bonds is 4. The second kappa shape index (κ2) is 4.07. The Balaban J connectivity index is 2.79. The van der Waals surface area contributed by atoms with Gasteiger partial charge in [0, 0.05) is 19.3 Å². The van der Waals surface area contributed by atoms with Crippen LogP contribution in [-0.4, -0.2) is 24.6 Å². The van der Waals surface area contributed by atoms with E-state index >= 15 is 0 Å². The number of hydrogen-bond donors (Lipinski definition) is 0. The third-order valence-corrected chi connectivity index (χ3v) is 1.87. The van der Waals surface area contributed by atoms with E-state index in [2.05, 4.69) is 0 Å². The Bertz CT molecular complexity index is 265. The number of aromatic nitrogens is 1. The summed E-state index contributed by atoms with van der Waals surface area (Å²) in [5.74, 6) is 0. The van der Waals surface area contributed by atoms with Gasteiger partial charge in [-0.3, -0.25) is 4.79 Å². The largest absolute Gasteiger partial charge is 0.383 e. The molecule has 1 aromatic rings. The molecule has 0 saturated heterocycles. The van der Waals surface area contributed by atoms with Gasteiger partial charge < -0.3 is 9.30 Å². The molecule has 1 aromatic heterocycles. The summed E-state index contributed by atoms with van der Waals surface area (Å²) in [6.45, 7) is 3.35. The average Bonchev–Trinajstić information content (AvgIpc) is 2.43. The number of nitrogens with zero attached hydrogens (tertiary/aromatic N) is 1. The van der Waals surface area contributed by atoms with Gasteiger partial charge in [-0.2, -0.15) is 0 Å². The van der Waals surface area contributed by atoms with Crippen molar-refractivity contribution in [3.05, 3.63) is 23.5 Å². The zero-order valence-electron chi connectivity index (χ0n) is 7.41. The lowest BCUT2D eigenvalue weighted by atomic mass is 10.5. The predicted octanol–water partition coefficient (Wildman–Crippen LogP) is 1.26. The molecule has 0 aliphatic rings. The number of carbonyl (C=O) groups excluding carboxylic acids is 1. The maximum absolute atomic E-state index is 10.5. The molecular formula is C9H13NO2. The van der Waals surface area contributed by atoms with E-state index < -0.39 is 0 Å². The van der Waals surface area contributed by atoms with Gasteiger partial charge in [-0.1, -0.05) is 0 Å². The maximum Gasteiger partial charge on any atom is 0.166 e. The van der Waals surface area contributed by atoms with E-state index in [1.54, 1.807) is 7.11 Å². The van der Waals surface area contributed by atoms with E-state index in [1.165, 1.54) is 0 Å². The van der Waals surface area contributed by atoms with Crippen LogP contribution in [0.3, 0.4) is 0 Å². The minimum atomic E-state index is 0.635. The lowest BCUT2D eigenvalue weighted by Gasteiger charge is -2.06. The normalized spacial score (nSPS) is 10.2. The smallest absolute Gasteiger partial charge is 0.166 e. The summed E-state index contributed by atoms with van der Waals surface area (Å²) < 4.78 is 6.87. The van der Waals surface area contributed by atoms with Crippen LogP contribution in [0.5, 0.6) is 0 Å².